The number of aryl methyl sites for hydroxylation is 2. The van der Waals surface area contributed by atoms with Crippen molar-refractivity contribution in [3.05, 3.63) is 52.5 Å². The lowest BCUT2D eigenvalue weighted by Gasteiger charge is -2.44. The number of anilines is 1. The molecule has 0 bridgehead atoms. The van der Waals surface area contributed by atoms with Crippen molar-refractivity contribution >= 4 is 11.6 Å². The van der Waals surface area contributed by atoms with Crippen LogP contribution in [0.4, 0.5) is 18.9 Å². The number of furan rings is 1. The zero-order valence-corrected chi connectivity index (χ0v) is 19.5. The smallest absolute Gasteiger partial charge is 0.417 e. The summed E-state index contributed by atoms with van der Waals surface area (Å²) in [6.07, 6.45) is -3.92. The van der Waals surface area contributed by atoms with Crippen LogP contribution in [0.1, 0.15) is 46.3 Å². The molecule has 1 amide bonds. The Morgan fingerprint density at radius 3 is 2.68 bits per heavy atom. The molecule has 6 nitrogen and oxygen atoms in total. The number of rotatable bonds is 5. The molecule has 4 rings (SSSR count). The average molecular weight is 476 g/mol. The molecular formula is C25H28F3N3O3. The summed E-state index contributed by atoms with van der Waals surface area (Å²) in [5, 5.41) is 9.10. The lowest BCUT2D eigenvalue weighted by atomic mass is 9.73. The summed E-state index contributed by atoms with van der Waals surface area (Å²) in [5.41, 5.74) is -0.590. The Hall–Kier alpha value is -2.99. The average Bonchev–Trinajstić information content (AvgIpc) is 3.35. The van der Waals surface area contributed by atoms with Crippen molar-refractivity contribution in [1.29, 1.82) is 5.26 Å². The highest BCUT2D eigenvalue weighted by Gasteiger charge is 2.51. The fourth-order valence-electron chi connectivity index (χ4n) is 5.29. The van der Waals surface area contributed by atoms with E-state index in [4.69, 9.17) is 14.4 Å². The van der Waals surface area contributed by atoms with Crippen molar-refractivity contribution in [2.75, 3.05) is 44.3 Å². The molecule has 0 aliphatic carbocycles. The van der Waals surface area contributed by atoms with Crippen LogP contribution in [0, 0.1) is 36.5 Å². The molecule has 2 aliphatic rings. The van der Waals surface area contributed by atoms with E-state index in [9.17, 15) is 18.0 Å². The largest absolute Gasteiger partial charge is 0.466 e. The van der Waals surface area contributed by atoms with Crippen LogP contribution < -0.4 is 4.90 Å². The molecule has 182 valence electrons. The summed E-state index contributed by atoms with van der Waals surface area (Å²) >= 11 is 0. The van der Waals surface area contributed by atoms with Gasteiger partial charge >= 0.3 is 6.18 Å². The molecule has 3 heterocycles. The summed E-state index contributed by atoms with van der Waals surface area (Å²) in [7, 11) is 0. The number of halogens is 3. The SMILES string of the molecule is CCOC[C@@]12CCN(c3ccc(C#N)c(C(F)(F)F)c3)C[C@@H]1CN(C(=O)c1cc(C)oc1C)C2. The monoisotopic (exact) mass is 475 g/mol. The molecule has 2 saturated heterocycles. The maximum absolute atomic E-state index is 13.5. The number of hydrogen-bond acceptors (Lipinski definition) is 5. The van der Waals surface area contributed by atoms with E-state index in [-0.39, 0.29) is 22.8 Å². The number of benzene rings is 1. The predicted molar refractivity (Wildman–Crippen MR) is 119 cm³/mol. The number of piperidine rings is 1. The topological polar surface area (TPSA) is 69.7 Å². The van der Waals surface area contributed by atoms with Gasteiger partial charge in [0.15, 0.2) is 0 Å². The highest BCUT2D eigenvalue weighted by atomic mass is 19.4. The van der Waals surface area contributed by atoms with Gasteiger partial charge in [-0.1, -0.05) is 0 Å². The molecule has 9 heteroatoms. The summed E-state index contributed by atoms with van der Waals surface area (Å²) in [6.45, 7) is 8.61. The normalized spacial score (nSPS) is 22.6. The van der Waals surface area contributed by atoms with E-state index in [0.717, 1.165) is 6.07 Å². The second-order valence-corrected chi connectivity index (χ2v) is 9.24. The van der Waals surface area contributed by atoms with Crippen LogP contribution in [0.25, 0.3) is 0 Å². The van der Waals surface area contributed by atoms with E-state index in [0.29, 0.717) is 68.6 Å². The summed E-state index contributed by atoms with van der Waals surface area (Å²) in [5.74, 6) is 1.20. The predicted octanol–water partition coefficient (Wildman–Crippen LogP) is 4.79. The third kappa shape index (κ3) is 4.39. The lowest BCUT2D eigenvalue weighted by molar-refractivity contribution is -0.137. The second-order valence-electron chi connectivity index (χ2n) is 9.24. The number of nitrogens with zero attached hydrogens (tertiary/aromatic N) is 3. The van der Waals surface area contributed by atoms with Crippen molar-refractivity contribution in [2.24, 2.45) is 11.3 Å². The number of fused-ring (bicyclic) bond motifs is 1. The minimum absolute atomic E-state index is 0.0371. The highest BCUT2D eigenvalue weighted by molar-refractivity contribution is 5.95. The number of likely N-dealkylation sites (tertiary alicyclic amines) is 1. The van der Waals surface area contributed by atoms with Gasteiger partial charge in [0, 0.05) is 49.8 Å². The first-order valence-corrected chi connectivity index (χ1v) is 11.4. The van der Waals surface area contributed by atoms with Crippen molar-refractivity contribution in [2.45, 2.75) is 33.4 Å². The van der Waals surface area contributed by atoms with Gasteiger partial charge in [-0.2, -0.15) is 18.4 Å². The van der Waals surface area contributed by atoms with Crippen LogP contribution in [0.5, 0.6) is 0 Å². The molecule has 2 aromatic rings. The van der Waals surface area contributed by atoms with Gasteiger partial charge in [-0.25, -0.2) is 0 Å². The van der Waals surface area contributed by atoms with Gasteiger partial charge in [0.25, 0.3) is 5.91 Å². The van der Waals surface area contributed by atoms with E-state index < -0.39 is 11.7 Å². The third-order valence-corrected chi connectivity index (χ3v) is 7.08. The van der Waals surface area contributed by atoms with Gasteiger partial charge in [0.05, 0.1) is 29.4 Å². The highest BCUT2D eigenvalue weighted by Crippen LogP contribution is 2.45. The standard InChI is InChI=1S/C25H28F3N3O3/c1-4-33-15-24-7-8-30(20-6-5-18(11-29)22(10-20)25(26,27)28)12-19(24)13-31(14-24)23(32)21-9-16(2)34-17(21)3/h5-6,9-10,19H,4,7-8,12-15H2,1-3H3/t19-,24+/m1/s1. The Bertz CT molecular complexity index is 1120. The van der Waals surface area contributed by atoms with Crippen molar-refractivity contribution < 1.29 is 27.1 Å². The molecule has 2 aliphatic heterocycles. The quantitative estimate of drug-likeness (QED) is 0.622. The third-order valence-electron chi connectivity index (χ3n) is 7.08. The molecule has 2 atom stereocenters. The van der Waals surface area contributed by atoms with Gasteiger partial charge in [0.2, 0.25) is 0 Å². The van der Waals surface area contributed by atoms with E-state index in [2.05, 4.69) is 0 Å². The van der Waals surface area contributed by atoms with Crippen LogP contribution >= 0.6 is 0 Å². The number of ether oxygens (including phenoxy) is 1. The Labute approximate surface area is 196 Å². The first-order valence-electron chi connectivity index (χ1n) is 11.4. The van der Waals surface area contributed by atoms with Gasteiger partial charge in [-0.3, -0.25) is 4.79 Å². The Kier molecular flexibility index (Phi) is 6.38. The van der Waals surface area contributed by atoms with Crippen LogP contribution in [0.15, 0.2) is 28.7 Å². The molecule has 0 N–H and O–H groups in total. The molecule has 34 heavy (non-hydrogen) atoms. The van der Waals surface area contributed by atoms with Crippen molar-refractivity contribution in [3.63, 3.8) is 0 Å². The summed E-state index contributed by atoms with van der Waals surface area (Å²) in [4.78, 5) is 17.0. The van der Waals surface area contributed by atoms with Crippen LogP contribution in [-0.2, 0) is 10.9 Å². The molecular weight excluding hydrogens is 447 g/mol. The number of carbonyl (C=O) groups is 1. The van der Waals surface area contributed by atoms with Crippen molar-refractivity contribution in [1.82, 2.24) is 4.90 Å². The fourth-order valence-corrected chi connectivity index (χ4v) is 5.29. The van der Waals surface area contributed by atoms with Gasteiger partial charge in [-0.15, -0.1) is 0 Å². The zero-order valence-electron chi connectivity index (χ0n) is 19.5. The van der Waals surface area contributed by atoms with E-state index >= 15 is 0 Å². The Morgan fingerprint density at radius 1 is 1.29 bits per heavy atom. The summed E-state index contributed by atoms with van der Waals surface area (Å²) < 4.78 is 51.8. The number of nitriles is 1. The molecule has 0 unspecified atom stereocenters. The minimum atomic E-state index is -4.60. The molecule has 0 spiro atoms. The number of carbonyl (C=O) groups excluding carboxylic acids is 1. The van der Waals surface area contributed by atoms with E-state index in [1.807, 2.05) is 16.7 Å². The Balaban J connectivity index is 1.60. The van der Waals surface area contributed by atoms with Crippen LogP contribution in [0.2, 0.25) is 0 Å². The lowest BCUT2D eigenvalue weighted by Crippen LogP contribution is -2.49. The molecule has 2 fully saturated rings. The van der Waals surface area contributed by atoms with Gasteiger partial charge in [0.1, 0.15) is 11.5 Å². The maximum atomic E-state index is 13.5. The van der Waals surface area contributed by atoms with Gasteiger partial charge in [-0.05, 0) is 51.5 Å². The van der Waals surface area contributed by atoms with Gasteiger partial charge < -0.3 is 19.0 Å². The number of alkyl halides is 3. The molecule has 1 aromatic carbocycles. The number of hydrogen-bond donors (Lipinski definition) is 0. The summed E-state index contributed by atoms with van der Waals surface area (Å²) in [6, 6.07) is 7.24. The first-order chi connectivity index (χ1) is 16.1. The molecule has 0 saturated carbocycles. The van der Waals surface area contributed by atoms with Crippen LogP contribution in [0.3, 0.4) is 0 Å². The van der Waals surface area contributed by atoms with E-state index in [1.165, 1.54) is 6.07 Å². The number of amides is 1. The maximum Gasteiger partial charge on any atom is 0.417 e. The van der Waals surface area contributed by atoms with E-state index in [1.54, 1.807) is 32.0 Å². The Morgan fingerprint density at radius 2 is 2.06 bits per heavy atom. The first kappa shape index (κ1) is 24.1. The second kappa shape index (κ2) is 8.99. The molecule has 1 aromatic heterocycles. The zero-order chi connectivity index (χ0) is 24.7. The molecule has 0 radical (unpaired) electrons. The fraction of sp³-hybridized carbons (Fsp3) is 0.520. The minimum Gasteiger partial charge on any atom is -0.466 e. The van der Waals surface area contributed by atoms with Crippen LogP contribution in [-0.4, -0.2) is 50.2 Å². The van der Waals surface area contributed by atoms with Crippen molar-refractivity contribution in [3.8, 4) is 6.07 Å².